The molecule has 0 aliphatic carbocycles. The Kier molecular flexibility index (Phi) is 6.76. The molecule has 1 unspecified atom stereocenters. The van der Waals surface area contributed by atoms with Crippen molar-refractivity contribution in [2.75, 3.05) is 6.61 Å². The molecule has 0 bridgehead atoms. The number of aliphatic hydroxyl groups excluding tert-OH is 1. The predicted octanol–water partition coefficient (Wildman–Crippen LogP) is 3.67. The van der Waals surface area contributed by atoms with Gasteiger partial charge in [-0.05, 0) is 29.8 Å². The summed E-state index contributed by atoms with van der Waals surface area (Å²) in [6.45, 7) is -0.0400. The van der Waals surface area contributed by atoms with E-state index in [0.717, 1.165) is 10.6 Å². The minimum Gasteiger partial charge on any atom is -0.394 e. The van der Waals surface area contributed by atoms with Crippen molar-refractivity contribution in [3.05, 3.63) is 70.2 Å². The quantitative estimate of drug-likeness (QED) is 0.883. The Morgan fingerprint density at radius 3 is 1.78 bits per heavy atom. The molecule has 2 nitrogen and oxygen atoms in total. The molecule has 0 aromatic heterocycles. The lowest BCUT2D eigenvalue weighted by molar-refractivity contribution is 0.268. The maximum Gasteiger partial charge on any atom is 0.0624 e. The third-order valence-corrected chi connectivity index (χ3v) is 2.73. The van der Waals surface area contributed by atoms with Crippen molar-refractivity contribution in [2.24, 2.45) is 5.73 Å². The van der Waals surface area contributed by atoms with Gasteiger partial charge < -0.3 is 10.8 Å². The van der Waals surface area contributed by atoms with Crippen LogP contribution in [0.1, 0.15) is 11.6 Å². The zero-order valence-electron chi connectivity index (χ0n) is 9.76. The lowest BCUT2D eigenvalue weighted by atomic mass is 10.1. The van der Waals surface area contributed by atoms with E-state index in [1.165, 1.54) is 0 Å². The van der Waals surface area contributed by atoms with Crippen LogP contribution in [0.4, 0.5) is 0 Å². The van der Waals surface area contributed by atoms with Crippen LogP contribution in [0.15, 0.2) is 54.6 Å². The lowest BCUT2D eigenvalue weighted by Crippen LogP contribution is -2.13. The van der Waals surface area contributed by atoms with E-state index < -0.39 is 0 Å². The van der Waals surface area contributed by atoms with Crippen LogP contribution in [0.25, 0.3) is 0 Å². The second-order valence-corrected chi connectivity index (χ2v) is 4.51. The Hall–Kier alpha value is -1.06. The summed E-state index contributed by atoms with van der Waals surface area (Å²) in [4.78, 5) is 0. The second-order valence-electron chi connectivity index (χ2n) is 3.64. The molecule has 0 aliphatic rings. The van der Waals surface area contributed by atoms with Crippen molar-refractivity contribution in [1.29, 1.82) is 0 Å². The first-order chi connectivity index (χ1) is 8.63. The number of nitrogens with two attached hydrogens (primary N) is 1. The predicted molar refractivity (Wildman–Crippen MR) is 76.9 cm³/mol. The van der Waals surface area contributed by atoms with Gasteiger partial charge in [-0.15, -0.1) is 0 Å². The van der Waals surface area contributed by atoms with Gasteiger partial charge in [0.05, 0.1) is 12.6 Å². The molecule has 2 aromatic rings. The average Bonchev–Trinajstić information content (AvgIpc) is 2.40. The van der Waals surface area contributed by atoms with Gasteiger partial charge in [0.2, 0.25) is 0 Å². The summed E-state index contributed by atoms with van der Waals surface area (Å²) in [5, 5.41) is 10.2. The maximum atomic E-state index is 8.70. The summed E-state index contributed by atoms with van der Waals surface area (Å²) >= 11 is 11.2. The first-order valence-corrected chi connectivity index (χ1v) is 6.21. The van der Waals surface area contributed by atoms with Crippen LogP contribution in [-0.2, 0) is 0 Å². The molecule has 0 aliphatic heterocycles. The van der Waals surface area contributed by atoms with Crippen LogP contribution in [-0.4, -0.2) is 11.7 Å². The summed E-state index contributed by atoms with van der Waals surface area (Å²) in [6.07, 6.45) is 0. The van der Waals surface area contributed by atoms with E-state index in [4.69, 9.17) is 34.0 Å². The molecule has 2 rings (SSSR count). The molecule has 2 aromatic carbocycles. The minimum absolute atomic E-state index is 0.0400. The molecule has 3 N–H and O–H groups in total. The van der Waals surface area contributed by atoms with Crippen molar-refractivity contribution < 1.29 is 5.11 Å². The van der Waals surface area contributed by atoms with Gasteiger partial charge in [0, 0.05) is 10.0 Å². The van der Waals surface area contributed by atoms with Crippen molar-refractivity contribution in [1.82, 2.24) is 0 Å². The van der Waals surface area contributed by atoms with Gasteiger partial charge in [0.15, 0.2) is 0 Å². The molecule has 0 fully saturated rings. The van der Waals surface area contributed by atoms with Gasteiger partial charge in [-0.25, -0.2) is 0 Å². The molecule has 0 radical (unpaired) electrons. The van der Waals surface area contributed by atoms with E-state index >= 15 is 0 Å². The fraction of sp³-hybridized carbons (Fsp3) is 0.143. The summed E-state index contributed by atoms with van der Waals surface area (Å²) in [5.74, 6) is 0. The lowest BCUT2D eigenvalue weighted by Gasteiger charge is -2.07. The van der Waals surface area contributed by atoms with Crippen LogP contribution >= 0.6 is 23.2 Å². The van der Waals surface area contributed by atoms with E-state index in [9.17, 15) is 0 Å². The summed E-state index contributed by atoms with van der Waals surface area (Å²) in [5.41, 5.74) is 6.45. The normalized spacial score (nSPS) is 11.3. The van der Waals surface area contributed by atoms with Gasteiger partial charge >= 0.3 is 0 Å². The third kappa shape index (κ3) is 5.52. The number of benzene rings is 2. The van der Waals surface area contributed by atoms with Gasteiger partial charge in [-0.1, -0.05) is 53.5 Å². The number of hydrogen-bond donors (Lipinski definition) is 2. The monoisotopic (exact) mass is 283 g/mol. The Morgan fingerprint density at radius 2 is 1.39 bits per heavy atom. The summed E-state index contributed by atoms with van der Waals surface area (Å²) in [6, 6.07) is 16.3. The molecule has 0 saturated carbocycles. The molecule has 4 heteroatoms. The molecule has 18 heavy (non-hydrogen) atoms. The Bertz CT molecular complexity index is 445. The zero-order valence-corrected chi connectivity index (χ0v) is 11.3. The van der Waals surface area contributed by atoms with Crippen molar-refractivity contribution >= 4 is 23.2 Å². The molecular weight excluding hydrogens is 269 g/mol. The minimum atomic E-state index is -0.299. The molecule has 0 saturated heterocycles. The number of halogens is 2. The molecule has 0 heterocycles. The zero-order chi connectivity index (χ0) is 13.4. The highest BCUT2D eigenvalue weighted by molar-refractivity contribution is 6.30. The summed E-state index contributed by atoms with van der Waals surface area (Å²) in [7, 11) is 0. The largest absolute Gasteiger partial charge is 0.394 e. The van der Waals surface area contributed by atoms with E-state index in [0.29, 0.717) is 5.02 Å². The second kappa shape index (κ2) is 8.11. The maximum absolute atomic E-state index is 8.70. The number of aliphatic hydroxyl groups is 1. The Balaban J connectivity index is 0.000000199. The van der Waals surface area contributed by atoms with Gasteiger partial charge in [0.1, 0.15) is 0 Å². The summed E-state index contributed by atoms with van der Waals surface area (Å²) < 4.78 is 0. The van der Waals surface area contributed by atoms with Crippen LogP contribution in [0.2, 0.25) is 10.0 Å². The highest BCUT2D eigenvalue weighted by Gasteiger charge is 2.02. The van der Waals surface area contributed by atoms with Crippen molar-refractivity contribution in [3.8, 4) is 0 Å². The molecule has 0 spiro atoms. The standard InChI is InChI=1S/C8H10ClNO.C6H5Cl/c9-7-3-1-6(2-4-7)8(10)5-11;7-6-4-2-1-3-5-6/h1-4,8,11H,5,10H2;1-5H. The van der Waals surface area contributed by atoms with E-state index in [1.807, 2.05) is 42.5 Å². The molecule has 96 valence electrons. The highest BCUT2D eigenvalue weighted by Crippen LogP contribution is 2.13. The first-order valence-electron chi connectivity index (χ1n) is 5.46. The fourth-order valence-corrected chi connectivity index (χ4v) is 1.50. The SMILES string of the molecule is Clc1ccccc1.NC(CO)c1ccc(Cl)cc1. The smallest absolute Gasteiger partial charge is 0.0624 e. The van der Waals surface area contributed by atoms with Crippen molar-refractivity contribution in [2.45, 2.75) is 6.04 Å². The average molecular weight is 284 g/mol. The topological polar surface area (TPSA) is 46.2 Å². The Morgan fingerprint density at radius 1 is 0.889 bits per heavy atom. The van der Waals surface area contributed by atoms with Gasteiger partial charge in [-0.3, -0.25) is 0 Å². The van der Waals surface area contributed by atoms with Crippen LogP contribution in [0.5, 0.6) is 0 Å². The Labute approximate surface area is 117 Å². The van der Waals surface area contributed by atoms with Crippen LogP contribution in [0, 0.1) is 0 Å². The van der Waals surface area contributed by atoms with E-state index in [-0.39, 0.29) is 12.6 Å². The van der Waals surface area contributed by atoms with Gasteiger partial charge in [-0.2, -0.15) is 0 Å². The highest BCUT2D eigenvalue weighted by atomic mass is 35.5. The molecule has 0 amide bonds. The van der Waals surface area contributed by atoms with Crippen molar-refractivity contribution in [3.63, 3.8) is 0 Å². The number of rotatable bonds is 2. The fourth-order valence-electron chi connectivity index (χ4n) is 1.23. The van der Waals surface area contributed by atoms with Crippen LogP contribution < -0.4 is 5.73 Å². The van der Waals surface area contributed by atoms with E-state index in [2.05, 4.69) is 0 Å². The van der Waals surface area contributed by atoms with Gasteiger partial charge in [0.25, 0.3) is 0 Å². The molecule has 1 atom stereocenters. The van der Waals surface area contributed by atoms with Crippen LogP contribution in [0.3, 0.4) is 0 Å². The van der Waals surface area contributed by atoms with E-state index in [1.54, 1.807) is 12.1 Å². The number of hydrogen-bond acceptors (Lipinski definition) is 2. The third-order valence-electron chi connectivity index (χ3n) is 2.23. The first kappa shape index (κ1) is 15.0. The molecular formula is C14H15Cl2NO.